The second-order valence-electron chi connectivity index (χ2n) is 10.4. The third-order valence-corrected chi connectivity index (χ3v) is 7.83. The van der Waals surface area contributed by atoms with Gasteiger partial charge in [0, 0.05) is 35.9 Å². The number of piperidine rings is 1. The highest BCUT2D eigenvalue weighted by Crippen LogP contribution is 2.31. The largest absolute Gasteiger partial charge is 0.351 e. The number of carbonyl (C=O) groups is 1. The average molecular weight is 514 g/mol. The molecule has 0 saturated carbocycles. The molecule has 1 atom stereocenters. The average Bonchev–Trinajstić information content (AvgIpc) is 3.56. The fraction of sp³-hybridized carbons (Fsp3) is 0.242. The van der Waals surface area contributed by atoms with Crippen molar-refractivity contribution in [3.05, 3.63) is 106 Å². The number of rotatable bonds is 6. The molecule has 2 fully saturated rings. The van der Waals surface area contributed by atoms with E-state index in [1.54, 1.807) is 0 Å². The number of H-pyrrole nitrogens is 1. The lowest BCUT2D eigenvalue weighted by Crippen LogP contribution is -2.32. The fourth-order valence-electron chi connectivity index (χ4n) is 5.56. The van der Waals surface area contributed by atoms with Crippen LogP contribution in [-0.2, 0) is 11.3 Å². The normalized spacial score (nSPS) is 19.6. The van der Waals surface area contributed by atoms with Crippen LogP contribution in [0.1, 0.15) is 46.7 Å². The van der Waals surface area contributed by atoms with E-state index in [0.717, 1.165) is 71.3 Å². The zero-order valence-corrected chi connectivity index (χ0v) is 21.8. The number of carbonyl (C=O) groups excluding carboxylic acids is 1. The van der Waals surface area contributed by atoms with E-state index < -0.39 is 0 Å². The molecule has 2 aliphatic heterocycles. The van der Waals surface area contributed by atoms with Gasteiger partial charge in [0.15, 0.2) is 0 Å². The van der Waals surface area contributed by atoms with Gasteiger partial charge >= 0.3 is 0 Å². The van der Waals surface area contributed by atoms with Gasteiger partial charge in [0.2, 0.25) is 5.91 Å². The Morgan fingerprint density at radius 3 is 2.51 bits per heavy atom. The van der Waals surface area contributed by atoms with Crippen LogP contribution in [0.3, 0.4) is 0 Å². The quantitative estimate of drug-likeness (QED) is 0.321. The molecule has 1 amide bonds. The smallest absolute Gasteiger partial charge is 0.247 e. The minimum absolute atomic E-state index is 0.00762. The van der Waals surface area contributed by atoms with E-state index in [9.17, 15) is 4.79 Å². The van der Waals surface area contributed by atoms with Crippen molar-refractivity contribution in [2.45, 2.75) is 25.3 Å². The summed E-state index contributed by atoms with van der Waals surface area (Å²) in [6.07, 6.45) is 8.05. The number of hydrogen-bond donors (Lipinski definition) is 2. The highest BCUT2D eigenvalue weighted by Gasteiger charge is 2.29. The van der Waals surface area contributed by atoms with Gasteiger partial charge in [0.05, 0.1) is 17.3 Å². The lowest BCUT2D eigenvalue weighted by molar-refractivity contribution is -0.116. The van der Waals surface area contributed by atoms with E-state index in [1.165, 1.54) is 5.56 Å². The monoisotopic (exact) mass is 513 g/mol. The first-order valence-electron chi connectivity index (χ1n) is 13.6. The van der Waals surface area contributed by atoms with Gasteiger partial charge in [-0.2, -0.15) is 10.4 Å². The van der Waals surface area contributed by atoms with Gasteiger partial charge in [-0.05, 0) is 72.5 Å². The maximum absolute atomic E-state index is 12.6. The molecule has 6 heteroatoms. The molecule has 4 aromatic rings. The Kier molecular flexibility index (Phi) is 7.07. The number of likely N-dealkylation sites (tertiary alicyclic amines) is 1. The van der Waals surface area contributed by atoms with Gasteiger partial charge in [0.25, 0.3) is 0 Å². The maximum Gasteiger partial charge on any atom is 0.247 e. The van der Waals surface area contributed by atoms with E-state index in [1.807, 2.05) is 36.4 Å². The summed E-state index contributed by atoms with van der Waals surface area (Å²) >= 11 is 0. The van der Waals surface area contributed by atoms with Crippen molar-refractivity contribution in [2.24, 2.45) is 5.92 Å². The predicted octanol–water partition coefficient (Wildman–Crippen LogP) is 5.77. The van der Waals surface area contributed by atoms with Gasteiger partial charge in [-0.1, -0.05) is 66.7 Å². The van der Waals surface area contributed by atoms with Crippen LogP contribution in [-0.4, -0.2) is 40.6 Å². The molecule has 39 heavy (non-hydrogen) atoms. The minimum atomic E-state index is -0.00762. The first kappa shape index (κ1) is 24.8. The molecule has 194 valence electrons. The Bertz CT molecular complexity index is 1570. The number of nitrogens with zero attached hydrogens (tertiary/aromatic N) is 3. The molecule has 3 aromatic carbocycles. The summed E-state index contributed by atoms with van der Waals surface area (Å²) in [7, 11) is 0. The van der Waals surface area contributed by atoms with Crippen LogP contribution in [0.5, 0.6) is 0 Å². The minimum Gasteiger partial charge on any atom is -0.351 e. The fourth-order valence-corrected chi connectivity index (χ4v) is 5.56. The summed E-state index contributed by atoms with van der Waals surface area (Å²) < 4.78 is 0. The number of nitrogens with one attached hydrogen (secondary N) is 2. The number of aromatic nitrogens is 2. The van der Waals surface area contributed by atoms with Crippen molar-refractivity contribution in [3.63, 3.8) is 0 Å². The van der Waals surface area contributed by atoms with Crippen LogP contribution < -0.4 is 5.32 Å². The Balaban J connectivity index is 1.14. The maximum atomic E-state index is 12.6. The molecule has 2 N–H and O–H groups in total. The molecule has 0 aliphatic carbocycles. The molecule has 1 aromatic heterocycles. The van der Waals surface area contributed by atoms with Crippen LogP contribution in [0, 0.1) is 17.2 Å². The Morgan fingerprint density at radius 1 is 0.974 bits per heavy atom. The molecule has 1 unspecified atom stereocenters. The highest BCUT2D eigenvalue weighted by atomic mass is 16.2. The van der Waals surface area contributed by atoms with E-state index in [4.69, 9.17) is 5.26 Å². The molecule has 6 nitrogen and oxygen atoms in total. The van der Waals surface area contributed by atoms with E-state index in [-0.39, 0.29) is 17.7 Å². The van der Waals surface area contributed by atoms with Crippen LogP contribution in [0.15, 0.2) is 78.4 Å². The van der Waals surface area contributed by atoms with Crippen molar-refractivity contribution < 1.29 is 4.79 Å². The SMILES string of the molecule is N#CC1CCN(Cc2ccc(/C=C/c3n[nH]c4cc(/C=C5/C(=O)NCC5c5ccccc5)ccc34)cc2)CC1. The highest BCUT2D eigenvalue weighted by molar-refractivity contribution is 6.02. The molecule has 0 spiro atoms. The summed E-state index contributed by atoms with van der Waals surface area (Å²) in [6, 6.07) is 27.4. The zero-order chi connectivity index (χ0) is 26.6. The second kappa shape index (κ2) is 11.1. The summed E-state index contributed by atoms with van der Waals surface area (Å²) in [4.78, 5) is 15.0. The van der Waals surface area contributed by atoms with Crippen LogP contribution in [0.25, 0.3) is 29.1 Å². The topological polar surface area (TPSA) is 84.8 Å². The lowest BCUT2D eigenvalue weighted by atomic mass is 9.92. The van der Waals surface area contributed by atoms with Crippen LogP contribution >= 0.6 is 0 Å². The van der Waals surface area contributed by atoms with Crippen molar-refractivity contribution in [2.75, 3.05) is 19.6 Å². The number of aromatic amines is 1. The molecule has 2 aliphatic rings. The summed E-state index contributed by atoms with van der Waals surface area (Å²) in [5.74, 6) is 0.264. The van der Waals surface area contributed by atoms with Crippen molar-refractivity contribution >= 4 is 35.0 Å². The van der Waals surface area contributed by atoms with Gasteiger partial charge < -0.3 is 5.32 Å². The van der Waals surface area contributed by atoms with E-state index in [0.29, 0.717) is 6.54 Å². The molecule has 2 saturated heterocycles. The summed E-state index contributed by atoms with van der Waals surface area (Å²) in [5, 5.41) is 20.8. The predicted molar refractivity (Wildman–Crippen MR) is 155 cm³/mol. The first-order chi connectivity index (χ1) is 19.2. The Labute approximate surface area is 228 Å². The molecular formula is C33H31N5O. The molecule has 0 bridgehead atoms. The number of amides is 1. The number of fused-ring (bicyclic) bond motifs is 1. The molecule has 6 rings (SSSR count). The first-order valence-corrected chi connectivity index (χ1v) is 13.6. The lowest BCUT2D eigenvalue weighted by Gasteiger charge is -2.28. The van der Waals surface area contributed by atoms with Crippen molar-refractivity contribution in [1.29, 1.82) is 5.26 Å². The molecule has 0 radical (unpaired) electrons. The van der Waals surface area contributed by atoms with Gasteiger partial charge in [0.1, 0.15) is 0 Å². The van der Waals surface area contributed by atoms with Crippen LogP contribution in [0.4, 0.5) is 0 Å². The third-order valence-electron chi connectivity index (χ3n) is 7.83. The van der Waals surface area contributed by atoms with E-state index >= 15 is 0 Å². The van der Waals surface area contributed by atoms with Gasteiger partial charge in [-0.3, -0.25) is 14.8 Å². The van der Waals surface area contributed by atoms with E-state index in [2.05, 4.69) is 81.1 Å². The zero-order valence-electron chi connectivity index (χ0n) is 21.8. The summed E-state index contributed by atoms with van der Waals surface area (Å²) in [5.41, 5.74) is 7.14. The Morgan fingerprint density at radius 2 is 1.74 bits per heavy atom. The summed E-state index contributed by atoms with van der Waals surface area (Å²) in [6.45, 7) is 3.54. The van der Waals surface area contributed by atoms with Gasteiger partial charge in [-0.25, -0.2) is 0 Å². The third kappa shape index (κ3) is 5.55. The van der Waals surface area contributed by atoms with Crippen LogP contribution in [0.2, 0.25) is 0 Å². The van der Waals surface area contributed by atoms with Crippen molar-refractivity contribution in [3.8, 4) is 6.07 Å². The Hall–Kier alpha value is -4.47. The van der Waals surface area contributed by atoms with Gasteiger partial charge in [-0.15, -0.1) is 0 Å². The number of hydrogen-bond acceptors (Lipinski definition) is 4. The van der Waals surface area contributed by atoms with Crippen molar-refractivity contribution in [1.82, 2.24) is 20.4 Å². The molecular weight excluding hydrogens is 482 g/mol. The number of benzene rings is 3. The number of nitriles is 1. The standard InChI is InChI=1S/C33H31N5O/c34-20-24-14-16-38(17-15-24)22-25-8-6-23(7-9-25)11-13-31-28-12-10-26(19-32(28)37-36-31)18-29-30(21-35-33(29)39)27-4-2-1-3-5-27/h1-13,18-19,24,30H,14-17,21-22H2,(H,35,39)(H,36,37)/b13-11+,29-18+. The molecule has 3 heterocycles. The second-order valence-corrected chi connectivity index (χ2v) is 10.4.